The van der Waals surface area contributed by atoms with Crippen molar-refractivity contribution in [1.29, 1.82) is 5.26 Å². The van der Waals surface area contributed by atoms with E-state index in [1.165, 1.54) is 31.0 Å². The molecule has 158 valence electrons. The SMILES string of the molecule is COC(=O)[C@H]1C(=O)NC(SCc2ccc([N+](=O)[O-])cc2)=C(C#N)[C@@H]1c1cccc(Br)c1. The Bertz CT molecular complexity index is 1110. The summed E-state index contributed by atoms with van der Waals surface area (Å²) in [5, 5.41) is 23.7. The van der Waals surface area contributed by atoms with Gasteiger partial charge in [-0.15, -0.1) is 11.8 Å². The van der Waals surface area contributed by atoms with E-state index >= 15 is 0 Å². The highest BCUT2D eigenvalue weighted by atomic mass is 79.9. The van der Waals surface area contributed by atoms with Gasteiger partial charge in [0.05, 0.1) is 28.7 Å². The molecule has 1 N–H and O–H groups in total. The summed E-state index contributed by atoms with van der Waals surface area (Å²) in [5.41, 5.74) is 1.64. The summed E-state index contributed by atoms with van der Waals surface area (Å²) in [4.78, 5) is 35.5. The lowest BCUT2D eigenvalue weighted by molar-refractivity contribution is -0.384. The summed E-state index contributed by atoms with van der Waals surface area (Å²) in [6.45, 7) is 0. The summed E-state index contributed by atoms with van der Waals surface area (Å²) in [5.74, 6) is -2.91. The van der Waals surface area contributed by atoms with E-state index in [0.717, 1.165) is 10.0 Å². The third kappa shape index (κ3) is 4.95. The highest BCUT2D eigenvalue weighted by Gasteiger charge is 2.44. The zero-order valence-electron chi connectivity index (χ0n) is 16.2. The zero-order valence-corrected chi connectivity index (χ0v) is 18.6. The van der Waals surface area contributed by atoms with Gasteiger partial charge >= 0.3 is 5.97 Å². The van der Waals surface area contributed by atoms with Crippen LogP contribution in [0.3, 0.4) is 0 Å². The molecule has 0 aromatic heterocycles. The molecule has 2 atom stereocenters. The number of hydrogen-bond donors (Lipinski definition) is 1. The number of nitrogens with zero attached hydrogens (tertiary/aromatic N) is 2. The van der Waals surface area contributed by atoms with Crippen LogP contribution in [0.15, 0.2) is 63.6 Å². The molecule has 1 aliphatic rings. The number of hydrogen-bond acceptors (Lipinski definition) is 7. The van der Waals surface area contributed by atoms with Gasteiger partial charge in [-0.2, -0.15) is 5.26 Å². The minimum Gasteiger partial charge on any atom is -0.468 e. The second-order valence-corrected chi connectivity index (χ2v) is 8.49. The van der Waals surface area contributed by atoms with Gasteiger partial charge in [-0.25, -0.2) is 0 Å². The van der Waals surface area contributed by atoms with E-state index in [1.54, 1.807) is 36.4 Å². The van der Waals surface area contributed by atoms with Crippen LogP contribution < -0.4 is 5.32 Å². The summed E-state index contributed by atoms with van der Waals surface area (Å²) in [7, 11) is 1.20. The second kappa shape index (κ2) is 9.76. The Morgan fingerprint density at radius 2 is 2.03 bits per heavy atom. The summed E-state index contributed by atoms with van der Waals surface area (Å²) >= 11 is 4.60. The van der Waals surface area contributed by atoms with Gasteiger partial charge < -0.3 is 10.1 Å². The smallest absolute Gasteiger partial charge is 0.319 e. The van der Waals surface area contributed by atoms with Crippen molar-refractivity contribution in [2.45, 2.75) is 11.7 Å². The molecule has 1 heterocycles. The number of carbonyl (C=O) groups excluding carboxylic acids is 2. The van der Waals surface area contributed by atoms with Crippen LogP contribution in [0.1, 0.15) is 17.0 Å². The molecule has 2 aromatic rings. The lowest BCUT2D eigenvalue weighted by Gasteiger charge is -2.31. The van der Waals surface area contributed by atoms with Crippen LogP contribution in [0.4, 0.5) is 5.69 Å². The topological polar surface area (TPSA) is 122 Å². The van der Waals surface area contributed by atoms with E-state index in [-0.39, 0.29) is 11.3 Å². The number of esters is 1. The maximum Gasteiger partial charge on any atom is 0.319 e. The van der Waals surface area contributed by atoms with Gasteiger partial charge in [0.2, 0.25) is 5.91 Å². The van der Waals surface area contributed by atoms with E-state index in [1.807, 2.05) is 0 Å². The number of ether oxygens (including phenoxy) is 1. The molecule has 8 nitrogen and oxygen atoms in total. The fourth-order valence-corrected chi connectivity index (χ4v) is 4.67. The van der Waals surface area contributed by atoms with Crippen LogP contribution in [0.5, 0.6) is 0 Å². The number of amides is 1. The monoisotopic (exact) mass is 501 g/mol. The van der Waals surface area contributed by atoms with Crippen molar-refractivity contribution >= 4 is 45.3 Å². The van der Waals surface area contributed by atoms with Crippen LogP contribution in [0.25, 0.3) is 0 Å². The quantitative estimate of drug-likeness (QED) is 0.274. The lowest BCUT2D eigenvalue weighted by atomic mass is 9.78. The van der Waals surface area contributed by atoms with Crippen LogP contribution in [0, 0.1) is 27.4 Å². The van der Waals surface area contributed by atoms with Crippen LogP contribution >= 0.6 is 27.7 Å². The number of nitro benzene ring substituents is 1. The molecule has 2 aromatic carbocycles. The number of allylic oxidation sites excluding steroid dienone is 1. The molecule has 0 fully saturated rings. The van der Waals surface area contributed by atoms with Crippen LogP contribution in [-0.2, 0) is 20.1 Å². The van der Waals surface area contributed by atoms with Gasteiger partial charge in [0, 0.05) is 28.3 Å². The predicted molar refractivity (Wildman–Crippen MR) is 118 cm³/mol. The van der Waals surface area contributed by atoms with Crippen molar-refractivity contribution in [1.82, 2.24) is 5.32 Å². The average molecular weight is 502 g/mol. The first-order chi connectivity index (χ1) is 14.8. The van der Waals surface area contributed by atoms with Gasteiger partial charge in [0.15, 0.2) is 0 Å². The molecular weight excluding hydrogens is 486 g/mol. The highest BCUT2D eigenvalue weighted by molar-refractivity contribution is 9.10. The van der Waals surface area contributed by atoms with Crippen molar-refractivity contribution in [2.75, 3.05) is 7.11 Å². The number of non-ortho nitro benzene ring substituents is 1. The lowest BCUT2D eigenvalue weighted by Crippen LogP contribution is -2.44. The van der Waals surface area contributed by atoms with E-state index in [0.29, 0.717) is 16.3 Å². The van der Waals surface area contributed by atoms with Gasteiger partial charge in [0.25, 0.3) is 5.69 Å². The molecule has 3 rings (SSSR count). The summed E-state index contributed by atoms with van der Waals surface area (Å²) < 4.78 is 5.57. The third-order valence-corrected chi connectivity index (χ3v) is 6.30. The molecule has 1 aliphatic heterocycles. The Hall–Kier alpha value is -3.16. The number of nitriles is 1. The maximum atomic E-state index is 12.8. The van der Waals surface area contributed by atoms with E-state index < -0.39 is 28.6 Å². The molecule has 0 saturated heterocycles. The molecular formula is C21H16BrN3O5S. The van der Waals surface area contributed by atoms with Crippen molar-refractivity contribution < 1.29 is 19.2 Å². The first-order valence-electron chi connectivity index (χ1n) is 9.00. The van der Waals surface area contributed by atoms with Crippen molar-refractivity contribution in [3.05, 3.63) is 84.8 Å². The first-order valence-corrected chi connectivity index (χ1v) is 10.8. The van der Waals surface area contributed by atoms with E-state index in [9.17, 15) is 25.0 Å². The van der Waals surface area contributed by atoms with Crippen molar-refractivity contribution in [2.24, 2.45) is 5.92 Å². The van der Waals surface area contributed by atoms with Crippen LogP contribution in [0.2, 0.25) is 0 Å². The van der Waals surface area contributed by atoms with Crippen molar-refractivity contribution in [3.63, 3.8) is 0 Å². The minimum absolute atomic E-state index is 0.0210. The summed E-state index contributed by atoms with van der Waals surface area (Å²) in [6.07, 6.45) is 0. The Morgan fingerprint density at radius 1 is 1.32 bits per heavy atom. The summed E-state index contributed by atoms with van der Waals surface area (Å²) in [6, 6.07) is 15.2. The maximum absolute atomic E-state index is 12.8. The minimum atomic E-state index is -1.20. The fourth-order valence-electron chi connectivity index (χ4n) is 3.25. The van der Waals surface area contributed by atoms with Crippen molar-refractivity contribution in [3.8, 4) is 6.07 Å². The van der Waals surface area contributed by atoms with Gasteiger partial charge in [-0.3, -0.25) is 19.7 Å². The number of carbonyl (C=O) groups is 2. The molecule has 0 aliphatic carbocycles. The molecule has 0 saturated carbocycles. The largest absolute Gasteiger partial charge is 0.468 e. The molecule has 1 amide bonds. The van der Waals surface area contributed by atoms with Gasteiger partial charge in [-0.05, 0) is 23.3 Å². The predicted octanol–water partition coefficient (Wildman–Crippen LogP) is 4.03. The number of rotatable bonds is 6. The first kappa shape index (κ1) is 22.5. The van der Waals surface area contributed by atoms with Gasteiger partial charge in [-0.1, -0.05) is 40.2 Å². The number of nitrogens with one attached hydrogen (secondary N) is 1. The second-order valence-electron chi connectivity index (χ2n) is 6.59. The van der Waals surface area contributed by atoms with Crippen LogP contribution in [-0.4, -0.2) is 23.9 Å². The number of methoxy groups -OCH3 is 1. The molecule has 0 radical (unpaired) electrons. The Labute approximate surface area is 190 Å². The number of nitro groups is 1. The molecule has 0 unspecified atom stereocenters. The zero-order chi connectivity index (χ0) is 22.5. The number of thioether (sulfide) groups is 1. The fraction of sp³-hybridized carbons (Fsp3) is 0.190. The van der Waals surface area contributed by atoms with E-state index in [2.05, 4.69) is 27.3 Å². The Balaban J connectivity index is 1.97. The number of halogens is 1. The third-order valence-electron chi connectivity index (χ3n) is 4.72. The molecule has 31 heavy (non-hydrogen) atoms. The van der Waals surface area contributed by atoms with Gasteiger partial charge in [0.1, 0.15) is 5.92 Å². The molecule has 10 heteroatoms. The standard InChI is InChI=1S/C21H16BrN3O5S/c1-30-21(27)18-17(13-3-2-4-14(22)9-13)16(10-23)20(24-19(18)26)31-11-12-5-7-15(8-6-12)25(28)29/h2-9,17-18H,11H2,1H3,(H,24,26)/t17-,18+/m0/s1. The Morgan fingerprint density at radius 3 is 2.61 bits per heavy atom. The van der Waals surface area contributed by atoms with E-state index in [4.69, 9.17) is 4.74 Å². The normalized spacial score (nSPS) is 18.2. The number of benzene rings is 2. The molecule has 0 spiro atoms. The molecule has 0 bridgehead atoms. The Kier molecular flexibility index (Phi) is 7.09. The average Bonchev–Trinajstić information content (AvgIpc) is 2.76. The highest BCUT2D eigenvalue weighted by Crippen LogP contribution is 2.41.